The Hall–Kier alpha value is -0.550. The number of nitrogens with zero attached hydrogens (tertiary/aromatic N) is 5. The van der Waals surface area contributed by atoms with Gasteiger partial charge in [0.2, 0.25) is 0 Å². The monoisotopic (exact) mass is 524 g/mol. The predicted octanol–water partition coefficient (Wildman–Crippen LogP) is 3.28. The van der Waals surface area contributed by atoms with E-state index in [2.05, 4.69) is 57.0 Å². The minimum atomic E-state index is 0. The van der Waals surface area contributed by atoms with E-state index in [1.54, 1.807) is 11.8 Å². The molecule has 0 aromatic carbocycles. The lowest BCUT2D eigenvalue weighted by atomic mass is 10.1. The molecule has 0 saturated carbocycles. The largest absolute Gasteiger partial charge is 0.378 e. The van der Waals surface area contributed by atoms with Gasteiger partial charge in [0.1, 0.15) is 5.82 Å². The summed E-state index contributed by atoms with van der Waals surface area (Å²) in [6.07, 6.45) is 6.55. The summed E-state index contributed by atoms with van der Waals surface area (Å²) in [6.45, 7) is 11.2. The Morgan fingerprint density at radius 1 is 1.32 bits per heavy atom. The zero-order valence-electron chi connectivity index (χ0n) is 18.0. The SMILES string of the molecule is CCOC1CCN(C(=NC)NCCCc2nnc(SC)n2CC(C)C)CC1.I. The molecule has 7 nitrogen and oxygen atoms in total. The highest BCUT2D eigenvalue weighted by atomic mass is 127. The van der Waals surface area contributed by atoms with Gasteiger partial charge in [-0.25, -0.2) is 0 Å². The molecule has 1 aromatic heterocycles. The van der Waals surface area contributed by atoms with Gasteiger partial charge >= 0.3 is 0 Å². The molecule has 2 heterocycles. The summed E-state index contributed by atoms with van der Waals surface area (Å²) in [7, 11) is 1.86. The molecule has 0 amide bonds. The maximum Gasteiger partial charge on any atom is 0.193 e. The van der Waals surface area contributed by atoms with Crippen molar-refractivity contribution in [3.63, 3.8) is 0 Å². The van der Waals surface area contributed by atoms with E-state index in [4.69, 9.17) is 4.74 Å². The molecule has 1 aliphatic rings. The average molecular weight is 525 g/mol. The Morgan fingerprint density at radius 2 is 2.04 bits per heavy atom. The van der Waals surface area contributed by atoms with Crippen molar-refractivity contribution < 1.29 is 4.74 Å². The van der Waals surface area contributed by atoms with Gasteiger partial charge in [0, 0.05) is 46.3 Å². The molecule has 0 spiro atoms. The number of piperidine rings is 1. The van der Waals surface area contributed by atoms with Crippen LogP contribution in [0.1, 0.15) is 45.9 Å². The zero-order chi connectivity index (χ0) is 19.6. The molecule has 9 heteroatoms. The van der Waals surface area contributed by atoms with Gasteiger partial charge in [0.25, 0.3) is 0 Å². The van der Waals surface area contributed by atoms with Crippen LogP contribution in [0, 0.1) is 5.92 Å². The first-order valence-corrected chi connectivity index (χ1v) is 11.3. The summed E-state index contributed by atoms with van der Waals surface area (Å²) < 4.78 is 8.00. The lowest BCUT2D eigenvalue weighted by Crippen LogP contribution is -2.47. The summed E-state index contributed by atoms with van der Waals surface area (Å²) >= 11 is 1.67. The Balaban J connectivity index is 0.00000392. The molecule has 1 aromatic rings. The van der Waals surface area contributed by atoms with Gasteiger partial charge in [-0.15, -0.1) is 34.2 Å². The third-order valence-corrected chi connectivity index (χ3v) is 5.41. The van der Waals surface area contributed by atoms with Crippen molar-refractivity contribution in [2.24, 2.45) is 10.9 Å². The van der Waals surface area contributed by atoms with Crippen molar-refractivity contribution in [1.82, 2.24) is 25.0 Å². The van der Waals surface area contributed by atoms with Gasteiger partial charge in [0.05, 0.1) is 6.10 Å². The number of nitrogens with one attached hydrogen (secondary N) is 1. The first kappa shape index (κ1) is 25.5. The van der Waals surface area contributed by atoms with E-state index in [9.17, 15) is 0 Å². The summed E-state index contributed by atoms with van der Waals surface area (Å²) in [5.74, 6) is 2.67. The van der Waals surface area contributed by atoms with Crippen LogP contribution in [0.2, 0.25) is 0 Å². The van der Waals surface area contributed by atoms with E-state index < -0.39 is 0 Å². The van der Waals surface area contributed by atoms with Crippen LogP contribution < -0.4 is 5.32 Å². The molecule has 28 heavy (non-hydrogen) atoms. The smallest absolute Gasteiger partial charge is 0.193 e. The fraction of sp³-hybridized carbons (Fsp3) is 0.842. The zero-order valence-corrected chi connectivity index (χ0v) is 21.1. The van der Waals surface area contributed by atoms with Crippen LogP contribution in [-0.2, 0) is 17.7 Å². The van der Waals surface area contributed by atoms with E-state index in [1.807, 2.05) is 7.05 Å². The number of aliphatic imine (C=N–C) groups is 1. The van der Waals surface area contributed by atoms with Gasteiger partial charge in [-0.3, -0.25) is 4.99 Å². The number of hydrogen-bond donors (Lipinski definition) is 1. The first-order valence-electron chi connectivity index (χ1n) is 10.1. The quantitative estimate of drug-likeness (QED) is 0.176. The minimum absolute atomic E-state index is 0. The summed E-state index contributed by atoms with van der Waals surface area (Å²) in [6, 6.07) is 0. The van der Waals surface area contributed by atoms with Crippen LogP contribution in [0.25, 0.3) is 0 Å². The number of likely N-dealkylation sites (tertiary alicyclic amines) is 1. The lowest BCUT2D eigenvalue weighted by molar-refractivity contribution is 0.0264. The molecule has 2 rings (SSSR count). The van der Waals surface area contributed by atoms with E-state index in [1.165, 1.54) is 0 Å². The van der Waals surface area contributed by atoms with Crippen molar-refractivity contribution in [3.05, 3.63) is 5.82 Å². The molecular weight excluding hydrogens is 487 g/mol. The lowest BCUT2D eigenvalue weighted by Gasteiger charge is -2.34. The second-order valence-corrected chi connectivity index (χ2v) is 8.10. The Bertz CT molecular complexity index is 587. The standard InChI is InChI=1S/C19H36N6OS.HI/c1-6-26-16-9-12-24(13-10-16)18(20-4)21-11-7-8-17-22-23-19(27-5)25(17)14-15(2)3;/h15-16H,6-14H2,1-5H3,(H,20,21);1H. The van der Waals surface area contributed by atoms with Crippen LogP contribution >= 0.6 is 35.7 Å². The third kappa shape index (κ3) is 7.70. The minimum Gasteiger partial charge on any atom is -0.378 e. The Morgan fingerprint density at radius 3 is 2.61 bits per heavy atom. The molecule has 1 fully saturated rings. The molecule has 1 saturated heterocycles. The highest BCUT2D eigenvalue weighted by molar-refractivity contribution is 14.0. The molecule has 0 aliphatic carbocycles. The molecule has 0 atom stereocenters. The van der Waals surface area contributed by atoms with Crippen LogP contribution in [0.5, 0.6) is 0 Å². The number of thioether (sulfide) groups is 1. The van der Waals surface area contributed by atoms with Gasteiger partial charge < -0.3 is 19.5 Å². The van der Waals surface area contributed by atoms with E-state index in [0.29, 0.717) is 12.0 Å². The number of rotatable bonds is 9. The number of aromatic nitrogens is 3. The van der Waals surface area contributed by atoms with Crippen LogP contribution in [0.4, 0.5) is 0 Å². The van der Waals surface area contributed by atoms with E-state index in [0.717, 1.165) is 75.4 Å². The first-order chi connectivity index (χ1) is 13.1. The molecule has 0 bridgehead atoms. The summed E-state index contributed by atoms with van der Waals surface area (Å²) in [4.78, 5) is 6.79. The van der Waals surface area contributed by atoms with Crippen molar-refractivity contribution in [3.8, 4) is 0 Å². The van der Waals surface area contributed by atoms with Crippen LogP contribution in [-0.4, -0.2) is 71.3 Å². The fourth-order valence-electron chi connectivity index (χ4n) is 3.45. The molecule has 162 valence electrons. The van der Waals surface area contributed by atoms with Gasteiger partial charge in [0.15, 0.2) is 11.1 Å². The summed E-state index contributed by atoms with van der Waals surface area (Å²) in [5, 5.41) is 13.3. The highest BCUT2D eigenvalue weighted by Crippen LogP contribution is 2.17. The van der Waals surface area contributed by atoms with Gasteiger partial charge in [-0.1, -0.05) is 25.6 Å². The molecule has 0 radical (unpaired) electrons. The number of hydrogen-bond acceptors (Lipinski definition) is 5. The van der Waals surface area contributed by atoms with E-state index in [-0.39, 0.29) is 24.0 Å². The molecular formula is C19H37IN6OS. The molecule has 1 N–H and O–H groups in total. The van der Waals surface area contributed by atoms with Gasteiger partial charge in [-0.2, -0.15) is 0 Å². The number of halogens is 1. The van der Waals surface area contributed by atoms with Crippen molar-refractivity contribution in [1.29, 1.82) is 0 Å². The van der Waals surface area contributed by atoms with E-state index >= 15 is 0 Å². The maximum atomic E-state index is 5.74. The summed E-state index contributed by atoms with van der Waals surface area (Å²) in [5.41, 5.74) is 0. The fourth-order valence-corrected chi connectivity index (χ4v) is 3.98. The average Bonchev–Trinajstić information content (AvgIpc) is 3.04. The highest BCUT2D eigenvalue weighted by Gasteiger charge is 2.21. The topological polar surface area (TPSA) is 67.6 Å². The molecule has 0 unspecified atom stereocenters. The van der Waals surface area contributed by atoms with Crippen LogP contribution in [0.15, 0.2) is 10.1 Å². The third-order valence-electron chi connectivity index (χ3n) is 4.74. The van der Waals surface area contributed by atoms with Crippen molar-refractivity contribution in [2.75, 3.05) is 39.5 Å². The second-order valence-electron chi connectivity index (χ2n) is 7.33. The molecule has 1 aliphatic heterocycles. The Kier molecular flexibility index (Phi) is 12.4. The Labute approximate surface area is 191 Å². The predicted molar refractivity (Wildman–Crippen MR) is 128 cm³/mol. The van der Waals surface area contributed by atoms with Crippen molar-refractivity contribution in [2.45, 2.75) is 64.3 Å². The number of guanidine groups is 1. The number of ether oxygens (including phenoxy) is 1. The maximum absolute atomic E-state index is 5.74. The van der Waals surface area contributed by atoms with Crippen molar-refractivity contribution >= 4 is 41.7 Å². The number of aryl methyl sites for hydroxylation is 1. The second kappa shape index (κ2) is 13.6. The van der Waals surface area contributed by atoms with Crippen LogP contribution in [0.3, 0.4) is 0 Å². The van der Waals surface area contributed by atoms with Gasteiger partial charge in [-0.05, 0) is 38.4 Å². The normalized spacial score (nSPS) is 15.8.